The summed E-state index contributed by atoms with van der Waals surface area (Å²) in [7, 11) is 0. The first-order valence-corrected chi connectivity index (χ1v) is 7.42. The first kappa shape index (κ1) is 14.6. The Kier molecular flexibility index (Phi) is 4.32. The highest BCUT2D eigenvalue weighted by atomic mass is 35.5. The van der Waals surface area contributed by atoms with Gasteiger partial charge in [-0.15, -0.1) is 0 Å². The number of anilines is 1. The first-order valence-electron chi connectivity index (χ1n) is 7.04. The smallest absolute Gasteiger partial charge is 0.173 e. The summed E-state index contributed by atoms with van der Waals surface area (Å²) in [5.41, 5.74) is 1.35. The zero-order chi connectivity index (χ0) is 14.7. The molecule has 0 bridgehead atoms. The fourth-order valence-corrected chi connectivity index (χ4v) is 2.83. The van der Waals surface area contributed by atoms with Gasteiger partial charge in [0.2, 0.25) is 0 Å². The molecule has 2 fully saturated rings. The Morgan fingerprint density at radius 3 is 2.90 bits per heavy atom. The first-order chi connectivity index (χ1) is 10.2. The van der Waals surface area contributed by atoms with Crippen molar-refractivity contribution < 1.29 is 14.2 Å². The molecule has 3 rings (SSSR count). The zero-order valence-corrected chi connectivity index (χ0v) is 12.4. The summed E-state index contributed by atoms with van der Waals surface area (Å²) < 4.78 is 17.2. The lowest BCUT2D eigenvalue weighted by Gasteiger charge is -2.31. The van der Waals surface area contributed by atoms with Crippen molar-refractivity contribution >= 4 is 17.3 Å². The molecular weight excluding hydrogens is 292 g/mol. The van der Waals surface area contributed by atoms with E-state index in [1.54, 1.807) is 12.1 Å². The molecular formula is C15H17ClN2O3. The van der Waals surface area contributed by atoms with Crippen LogP contribution < -0.4 is 5.32 Å². The number of hydrogen-bond acceptors (Lipinski definition) is 5. The second-order valence-electron chi connectivity index (χ2n) is 5.26. The highest BCUT2D eigenvalue weighted by Crippen LogP contribution is 2.33. The van der Waals surface area contributed by atoms with Gasteiger partial charge < -0.3 is 19.5 Å². The lowest BCUT2D eigenvalue weighted by Crippen LogP contribution is -2.38. The second kappa shape index (κ2) is 6.20. The molecule has 0 saturated carbocycles. The summed E-state index contributed by atoms with van der Waals surface area (Å²) in [5, 5.41) is 12.6. The molecule has 2 saturated heterocycles. The van der Waals surface area contributed by atoms with Crippen molar-refractivity contribution in [2.24, 2.45) is 0 Å². The molecule has 5 nitrogen and oxygen atoms in total. The van der Waals surface area contributed by atoms with Gasteiger partial charge in [-0.3, -0.25) is 0 Å². The van der Waals surface area contributed by atoms with Crippen LogP contribution in [0.1, 0.15) is 18.4 Å². The van der Waals surface area contributed by atoms with Crippen LogP contribution >= 0.6 is 11.6 Å². The van der Waals surface area contributed by atoms with Crippen LogP contribution in [0.25, 0.3) is 0 Å². The van der Waals surface area contributed by atoms with Gasteiger partial charge in [-0.2, -0.15) is 5.26 Å². The van der Waals surface area contributed by atoms with E-state index >= 15 is 0 Å². The number of benzene rings is 1. The van der Waals surface area contributed by atoms with Gasteiger partial charge >= 0.3 is 0 Å². The number of hydrogen-bond donors (Lipinski definition) is 1. The topological polar surface area (TPSA) is 63.5 Å². The molecule has 2 aliphatic heterocycles. The monoisotopic (exact) mass is 308 g/mol. The molecule has 0 unspecified atom stereocenters. The average Bonchev–Trinajstić information content (AvgIpc) is 2.89. The Morgan fingerprint density at radius 1 is 1.38 bits per heavy atom. The average molecular weight is 309 g/mol. The van der Waals surface area contributed by atoms with Crippen LogP contribution in [-0.4, -0.2) is 38.3 Å². The summed E-state index contributed by atoms with van der Waals surface area (Å²) in [6.45, 7) is 2.60. The van der Waals surface area contributed by atoms with Gasteiger partial charge in [-0.25, -0.2) is 0 Å². The summed E-state index contributed by atoms with van der Waals surface area (Å²) in [6.07, 6.45) is 1.58. The van der Waals surface area contributed by atoms with Gasteiger partial charge in [0.1, 0.15) is 12.2 Å². The predicted octanol–water partition coefficient (Wildman–Crippen LogP) is 2.55. The van der Waals surface area contributed by atoms with E-state index in [1.807, 2.05) is 12.1 Å². The number of nitrogens with one attached hydrogen (secondary N) is 1. The lowest BCUT2D eigenvalue weighted by molar-refractivity contribution is -0.209. The quantitative estimate of drug-likeness (QED) is 0.929. The van der Waals surface area contributed by atoms with E-state index in [2.05, 4.69) is 5.32 Å². The maximum Gasteiger partial charge on any atom is 0.173 e. The third-order valence-electron chi connectivity index (χ3n) is 3.79. The van der Waals surface area contributed by atoms with Gasteiger partial charge in [0, 0.05) is 25.1 Å². The van der Waals surface area contributed by atoms with Crippen molar-refractivity contribution in [2.75, 3.05) is 31.7 Å². The molecule has 1 atom stereocenters. The van der Waals surface area contributed by atoms with Gasteiger partial charge in [-0.1, -0.05) is 11.6 Å². The fourth-order valence-electron chi connectivity index (χ4n) is 2.61. The van der Waals surface area contributed by atoms with Crippen LogP contribution in [0.3, 0.4) is 0 Å². The minimum atomic E-state index is -0.451. The minimum Gasteiger partial charge on any atom is -0.382 e. The van der Waals surface area contributed by atoms with Crippen molar-refractivity contribution in [3.05, 3.63) is 28.8 Å². The Labute approximate surface area is 128 Å². The molecule has 0 amide bonds. The largest absolute Gasteiger partial charge is 0.382 e. The summed E-state index contributed by atoms with van der Waals surface area (Å²) in [5.74, 6) is -0.451. The van der Waals surface area contributed by atoms with Crippen LogP contribution in [0.2, 0.25) is 5.02 Å². The second-order valence-corrected chi connectivity index (χ2v) is 5.67. The molecule has 2 heterocycles. The molecule has 0 aliphatic carbocycles. The number of halogens is 1. The SMILES string of the molecule is N#Cc1ccc(NC[C@H]2COC3(CCOCC3)O2)cc1Cl. The Balaban J connectivity index is 1.54. The normalized spacial score (nSPS) is 23.9. The van der Waals surface area contributed by atoms with Crippen molar-refractivity contribution in [3.8, 4) is 6.07 Å². The molecule has 1 aromatic carbocycles. The maximum absolute atomic E-state index is 8.85. The van der Waals surface area contributed by atoms with Crippen LogP contribution in [0, 0.1) is 11.3 Å². The molecule has 21 heavy (non-hydrogen) atoms. The van der Waals surface area contributed by atoms with E-state index in [9.17, 15) is 0 Å². The van der Waals surface area contributed by atoms with Crippen molar-refractivity contribution in [2.45, 2.75) is 24.7 Å². The molecule has 0 aromatic heterocycles. The maximum atomic E-state index is 8.85. The van der Waals surface area contributed by atoms with E-state index in [4.69, 9.17) is 31.1 Å². The molecule has 1 N–H and O–H groups in total. The Bertz CT molecular complexity index is 552. The Hall–Kier alpha value is -1.32. The van der Waals surface area contributed by atoms with Gasteiger partial charge in [0.05, 0.1) is 30.4 Å². The third kappa shape index (κ3) is 3.30. The summed E-state index contributed by atoms with van der Waals surface area (Å²) in [6, 6.07) is 7.34. The third-order valence-corrected chi connectivity index (χ3v) is 4.10. The molecule has 0 radical (unpaired) electrons. The Morgan fingerprint density at radius 2 is 2.19 bits per heavy atom. The van der Waals surface area contributed by atoms with Crippen molar-refractivity contribution in [1.29, 1.82) is 5.26 Å². The summed E-state index contributed by atoms with van der Waals surface area (Å²) in [4.78, 5) is 0. The molecule has 1 spiro atoms. The van der Waals surface area contributed by atoms with Gasteiger partial charge in [0.15, 0.2) is 5.79 Å². The highest BCUT2D eigenvalue weighted by Gasteiger charge is 2.42. The highest BCUT2D eigenvalue weighted by molar-refractivity contribution is 6.32. The lowest BCUT2D eigenvalue weighted by atomic mass is 10.1. The van der Waals surface area contributed by atoms with Gasteiger partial charge in [0.25, 0.3) is 0 Å². The van der Waals surface area contributed by atoms with E-state index in [1.165, 1.54) is 0 Å². The van der Waals surface area contributed by atoms with Crippen LogP contribution in [0.5, 0.6) is 0 Å². The van der Waals surface area contributed by atoms with Crippen LogP contribution in [0.15, 0.2) is 18.2 Å². The molecule has 1 aromatic rings. The molecule has 112 valence electrons. The minimum absolute atomic E-state index is 0.0116. The number of rotatable bonds is 3. The fraction of sp³-hybridized carbons (Fsp3) is 0.533. The predicted molar refractivity (Wildman–Crippen MR) is 78.3 cm³/mol. The van der Waals surface area contributed by atoms with Crippen LogP contribution in [0.4, 0.5) is 5.69 Å². The van der Waals surface area contributed by atoms with Crippen molar-refractivity contribution in [1.82, 2.24) is 0 Å². The summed E-state index contributed by atoms with van der Waals surface area (Å²) >= 11 is 6.01. The van der Waals surface area contributed by atoms with Gasteiger partial charge in [-0.05, 0) is 18.2 Å². The van der Waals surface area contributed by atoms with E-state index in [-0.39, 0.29) is 6.10 Å². The number of ether oxygens (including phenoxy) is 3. The standard InChI is InChI=1S/C15H17ClN2O3/c16-14-7-12(2-1-11(14)8-17)18-9-13-10-20-15(21-13)3-5-19-6-4-15/h1-2,7,13,18H,3-6,9-10H2/t13-/m0/s1. The zero-order valence-electron chi connectivity index (χ0n) is 11.6. The van der Waals surface area contributed by atoms with E-state index in [0.29, 0.717) is 37.0 Å². The van der Waals surface area contributed by atoms with Crippen molar-refractivity contribution in [3.63, 3.8) is 0 Å². The molecule has 2 aliphatic rings. The number of nitriles is 1. The molecule has 6 heteroatoms. The number of nitrogens with zero attached hydrogens (tertiary/aromatic N) is 1. The van der Waals surface area contributed by atoms with Crippen LogP contribution in [-0.2, 0) is 14.2 Å². The van der Waals surface area contributed by atoms with E-state index in [0.717, 1.165) is 18.5 Å². The van der Waals surface area contributed by atoms with E-state index < -0.39 is 5.79 Å².